The zero-order chi connectivity index (χ0) is 20.0. The summed E-state index contributed by atoms with van der Waals surface area (Å²) in [6, 6.07) is 6.34. The van der Waals surface area contributed by atoms with Crippen LogP contribution in [0, 0.1) is 0 Å². The van der Waals surface area contributed by atoms with Gasteiger partial charge < -0.3 is 24.2 Å². The summed E-state index contributed by atoms with van der Waals surface area (Å²) < 4.78 is 10.1. The molecule has 148 valence electrons. The molecular formula is C18H21N5O5. The zero-order valence-electron chi connectivity index (χ0n) is 15.9. The number of nitrogens with zero attached hydrogens (tertiary/aromatic N) is 5. The Hall–Kier alpha value is -3.30. The van der Waals surface area contributed by atoms with Gasteiger partial charge in [0, 0.05) is 20.1 Å². The Morgan fingerprint density at radius 3 is 2.68 bits per heavy atom. The molecule has 1 aromatic rings. The third-order valence-electron chi connectivity index (χ3n) is 5.27. The van der Waals surface area contributed by atoms with E-state index in [0.29, 0.717) is 24.8 Å². The molecule has 10 heteroatoms. The molecule has 2 atom stereocenters. The summed E-state index contributed by atoms with van der Waals surface area (Å²) in [5.74, 6) is 0.223. The lowest BCUT2D eigenvalue weighted by molar-refractivity contribution is -0.148. The van der Waals surface area contributed by atoms with Gasteiger partial charge in [-0.15, -0.1) is 0 Å². The average molecular weight is 387 g/mol. The van der Waals surface area contributed by atoms with Crippen molar-refractivity contribution >= 4 is 29.6 Å². The van der Waals surface area contributed by atoms with Crippen LogP contribution in [0.1, 0.15) is 0 Å². The fourth-order valence-corrected chi connectivity index (χ4v) is 3.86. The molecule has 3 amide bonds. The van der Waals surface area contributed by atoms with Crippen molar-refractivity contribution in [3.63, 3.8) is 0 Å². The molecule has 3 heterocycles. The maximum Gasteiger partial charge on any atom is 0.328 e. The number of ether oxygens (including phenoxy) is 2. The van der Waals surface area contributed by atoms with Crippen molar-refractivity contribution in [2.75, 3.05) is 45.8 Å². The lowest BCUT2D eigenvalue weighted by Gasteiger charge is -2.40. The molecule has 2 unspecified atom stereocenters. The van der Waals surface area contributed by atoms with Crippen LogP contribution >= 0.6 is 0 Å². The van der Waals surface area contributed by atoms with E-state index in [4.69, 9.17) is 4.74 Å². The second kappa shape index (κ2) is 6.70. The molecule has 0 saturated carbocycles. The van der Waals surface area contributed by atoms with Crippen LogP contribution in [0.25, 0.3) is 0 Å². The Labute approximate surface area is 161 Å². The van der Waals surface area contributed by atoms with Gasteiger partial charge in [-0.1, -0.05) is 12.1 Å². The van der Waals surface area contributed by atoms with Crippen molar-refractivity contribution in [2.45, 2.75) is 12.2 Å². The SMILES string of the molecule is COC(=O)CN1C(=O)C2C(N=C3N(c4ccccc4OC)CCN32)N(C)C1=O. The highest BCUT2D eigenvalue weighted by Gasteiger charge is 2.55. The van der Waals surface area contributed by atoms with Gasteiger partial charge in [0.1, 0.15) is 12.3 Å². The highest BCUT2D eigenvalue weighted by atomic mass is 16.5. The molecule has 0 radical (unpaired) electrons. The number of carbonyl (C=O) groups excluding carboxylic acids is 3. The molecule has 3 aliphatic heterocycles. The first-order valence-corrected chi connectivity index (χ1v) is 8.88. The normalized spacial score (nSPS) is 23.6. The summed E-state index contributed by atoms with van der Waals surface area (Å²) in [4.78, 5) is 48.1. The molecule has 2 saturated heterocycles. The van der Waals surface area contributed by atoms with Crippen LogP contribution in [0.3, 0.4) is 0 Å². The molecule has 1 aromatic carbocycles. The second-order valence-corrected chi connectivity index (χ2v) is 6.70. The van der Waals surface area contributed by atoms with Gasteiger partial charge in [0.15, 0.2) is 12.2 Å². The fourth-order valence-electron chi connectivity index (χ4n) is 3.86. The summed E-state index contributed by atoms with van der Waals surface area (Å²) in [6.07, 6.45) is -0.638. The lowest BCUT2D eigenvalue weighted by atomic mass is 10.1. The molecule has 10 nitrogen and oxygen atoms in total. The van der Waals surface area contributed by atoms with Gasteiger partial charge in [0.2, 0.25) is 5.96 Å². The molecule has 0 bridgehead atoms. The van der Waals surface area contributed by atoms with Crippen LogP contribution in [-0.4, -0.2) is 91.7 Å². The number of likely N-dealkylation sites (N-methyl/N-ethyl adjacent to an activating group) is 1. The average Bonchev–Trinajstić information content (AvgIpc) is 3.28. The number of aliphatic imine (C=N–C) groups is 1. The van der Waals surface area contributed by atoms with Crippen LogP contribution in [0.5, 0.6) is 5.75 Å². The number of guanidine groups is 1. The van der Waals surface area contributed by atoms with Gasteiger partial charge in [-0.25, -0.2) is 9.79 Å². The number of hydrogen-bond donors (Lipinski definition) is 0. The summed E-state index contributed by atoms with van der Waals surface area (Å²) >= 11 is 0. The van der Waals surface area contributed by atoms with E-state index in [9.17, 15) is 14.4 Å². The molecule has 4 rings (SSSR count). The Balaban J connectivity index is 1.66. The van der Waals surface area contributed by atoms with Crippen molar-refractivity contribution in [1.82, 2.24) is 14.7 Å². The maximum atomic E-state index is 13.0. The largest absolute Gasteiger partial charge is 0.495 e. The number of rotatable bonds is 4. The number of amides is 3. The number of imide groups is 1. The Morgan fingerprint density at radius 1 is 1.21 bits per heavy atom. The Kier molecular flexibility index (Phi) is 4.33. The number of benzene rings is 1. The quantitative estimate of drug-likeness (QED) is 0.669. The maximum absolute atomic E-state index is 13.0. The monoisotopic (exact) mass is 387 g/mol. The van der Waals surface area contributed by atoms with Crippen LogP contribution in [0.4, 0.5) is 10.5 Å². The third kappa shape index (κ3) is 2.55. The number of esters is 1. The Bertz CT molecular complexity index is 872. The van der Waals surface area contributed by atoms with Crippen LogP contribution in [0.2, 0.25) is 0 Å². The molecule has 2 fully saturated rings. The number of hydrogen-bond acceptors (Lipinski definition) is 8. The fraction of sp³-hybridized carbons (Fsp3) is 0.444. The first-order valence-electron chi connectivity index (χ1n) is 8.88. The van der Waals surface area contributed by atoms with Crippen LogP contribution in [0.15, 0.2) is 29.3 Å². The number of fused-ring (bicyclic) bond motifs is 3. The molecule has 0 aliphatic carbocycles. The molecule has 0 spiro atoms. The Morgan fingerprint density at radius 2 is 1.96 bits per heavy atom. The zero-order valence-corrected chi connectivity index (χ0v) is 15.9. The van der Waals surface area contributed by atoms with Crippen LogP contribution < -0.4 is 9.64 Å². The standard InChI is InChI=1S/C18H21N5O5/c1-20-15-14(16(25)23(18(20)26)10-13(24)28-3)22-9-8-21(17(22)19-15)11-6-4-5-7-12(11)27-2/h4-7,14-15H,8-10H2,1-3H3. The van der Waals surface area contributed by atoms with E-state index in [0.717, 1.165) is 10.6 Å². The van der Waals surface area contributed by atoms with Gasteiger partial charge in [0.05, 0.1) is 19.9 Å². The molecule has 3 aliphatic rings. The van der Waals surface area contributed by atoms with E-state index in [1.54, 1.807) is 14.2 Å². The van der Waals surface area contributed by atoms with Gasteiger partial charge in [0.25, 0.3) is 5.91 Å². The lowest BCUT2D eigenvalue weighted by Crippen LogP contribution is -2.65. The molecule has 28 heavy (non-hydrogen) atoms. The van der Waals surface area contributed by atoms with Crippen molar-refractivity contribution in [3.05, 3.63) is 24.3 Å². The third-order valence-corrected chi connectivity index (χ3v) is 5.27. The van der Waals surface area contributed by atoms with Gasteiger partial charge >= 0.3 is 12.0 Å². The minimum atomic E-state index is -0.665. The number of methoxy groups -OCH3 is 2. The van der Waals surface area contributed by atoms with Gasteiger partial charge in [-0.05, 0) is 12.1 Å². The molecule has 0 N–H and O–H groups in total. The van der Waals surface area contributed by atoms with Gasteiger partial charge in [-0.2, -0.15) is 0 Å². The highest BCUT2D eigenvalue weighted by Crippen LogP contribution is 2.36. The van der Waals surface area contributed by atoms with Gasteiger partial charge in [-0.3, -0.25) is 14.5 Å². The molecule has 0 aromatic heterocycles. The molecular weight excluding hydrogens is 366 g/mol. The van der Waals surface area contributed by atoms with Crippen molar-refractivity contribution in [3.8, 4) is 5.75 Å². The second-order valence-electron chi connectivity index (χ2n) is 6.70. The van der Waals surface area contributed by atoms with E-state index < -0.39 is 36.7 Å². The number of anilines is 1. The summed E-state index contributed by atoms with van der Waals surface area (Å²) in [7, 11) is 4.40. The van der Waals surface area contributed by atoms with E-state index in [1.807, 2.05) is 34.1 Å². The van der Waals surface area contributed by atoms with E-state index in [-0.39, 0.29) is 0 Å². The van der Waals surface area contributed by atoms with Crippen molar-refractivity contribution in [1.29, 1.82) is 0 Å². The van der Waals surface area contributed by atoms with E-state index >= 15 is 0 Å². The smallest absolute Gasteiger partial charge is 0.328 e. The van der Waals surface area contributed by atoms with Crippen molar-refractivity contribution in [2.24, 2.45) is 4.99 Å². The first-order chi connectivity index (χ1) is 13.5. The first kappa shape index (κ1) is 18.1. The summed E-state index contributed by atoms with van der Waals surface area (Å²) in [5, 5.41) is 0. The van der Waals surface area contributed by atoms with E-state index in [2.05, 4.69) is 9.73 Å². The topological polar surface area (TPSA) is 95.0 Å². The highest BCUT2D eigenvalue weighted by molar-refractivity contribution is 6.09. The predicted octanol–water partition coefficient (Wildman–Crippen LogP) is -0.0515. The van der Waals surface area contributed by atoms with Crippen LogP contribution in [-0.2, 0) is 14.3 Å². The number of para-hydroxylation sites is 2. The van der Waals surface area contributed by atoms with Crippen molar-refractivity contribution < 1.29 is 23.9 Å². The number of urea groups is 1. The number of carbonyl (C=O) groups is 3. The van der Waals surface area contributed by atoms with E-state index in [1.165, 1.54) is 12.0 Å². The summed E-state index contributed by atoms with van der Waals surface area (Å²) in [6.45, 7) is 0.781. The minimum absolute atomic E-state index is 0.416. The predicted molar refractivity (Wildman–Crippen MR) is 98.9 cm³/mol. The minimum Gasteiger partial charge on any atom is -0.495 e. The summed E-state index contributed by atoms with van der Waals surface area (Å²) in [5.41, 5.74) is 0.845.